The van der Waals surface area contributed by atoms with Crippen molar-refractivity contribution in [2.45, 2.75) is 58.5 Å². The summed E-state index contributed by atoms with van der Waals surface area (Å²) in [5.74, 6) is -0.958. The van der Waals surface area contributed by atoms with E-state index in [0.717, 1.165) is 18.4 Å². The summed E-state index contributed by atoms with van der Waals surface area (Å²) in [6.45, 7) is 5.98. The van der Waals surface area contributed by atoms with Gasteiger partial charge in [0.15, 0.2) is 0 Å². The summed E-state index contributed by atoms with van der Waals surface area (Å²) in [6.07, 6.45) is 2.80. The summed E-state index contributed by atoms with van der Waals surface area (Å²) in [6, 6.07) is 8.02. The first-order valence-electron chi connectivity index (χ1n) is 9.73. The second-order valence-corrected chi connectivity index (χ2v) is 7.42. The first-order chi connectivity index (χ1) is 12.9. The number of nitrogens with one attached hydrogen (secondary N) is 2. The summed E-state index contributed by atoms with van der Waals surface area (Å²) in [5, 5.41) is 5.62. The highest BCUT2D eigenvalue weighted by Gasteiger charge is 2.35. The second kappa shape index (κ2) is 10.1. The molecule has 1 aliphatic carbocycles. The zero-order valence-electron chi connectivity index (χ0n) is 16.4. The molecule has 2 amide bonds. The Labute approximate surface area is 161 Å². The van der Waals surface area contributed by atoms with E-state index < -0.39 is 18.1 Å². The van der Waals surface area contributed by atoms with Gasteiger partial charge in [0.1, 0.15) is 12.1 Å². The number of benzene rings is 1. The lowest BCUT2D eigenvalue weighted by molar-refractivity contribution is -0.148. The van der Waals surface area contributed by atoms with Crippen LogP contribution in [0.5, 0.6) is 0 Å². The lowest BCUT2D eigenvalue weighted by atomic mass is 10.0. The molecule has 2 unspecified atom stereocenters. The Kier molecular flexibility index (Phi) is 7.82. The van der Waals surface area contributed by atoms with Crippen LogP contribution in [0.3, 0.4) is 0 Å². The van der Waals surface area contributed by atoms with Crippen molar-refractivity contribution in [1.82, 2.24) is 10.6 Å². The van der Waals surface area contributed by atoms with Crippen molar-refractivity contribution in [3.05, 3.63) is 35.9 Å². The third-order valence-electron chi connectivity index (χ3n) is 4.53. The van der Waals surface area contributed by atoms with Crippen LogP contribution < -0.4 is 10.6 Å². The number of rotatable bonds is 10. The number of amides is 2. The average Bonchev–Trinajstić information content (AvgIpc) is 3.49. The van der Waals surface area contributed by atoms with Crippen LogP contribution in [0, 0.1) is 11.8 Å². The topological polar surface area (TPSA) is 84.5 Å². The van der Waals surface area contributed by atoms with Gasteiger partial charge in [0.2, 0.25) is 11.8 Å². The Morgan fingerprint density at radius 1 is 1.11 bits per heavy atom. The maximum atomic E-state index is 12.8. The van der Waals surface area contributed by atoms with Gasteiger partial charge < -0.3 is 15.4 Å². The van der Waals surface area contributed by atoms with Crippen LogP contribution in [0.15, 0.2) is 30.3 Å². The minimum atomic E-state index is -0.787. The Morgan fingerprint density at radius 3 is 2.33 bits per heavy atom. The highest BCUT2D eigenvalue weighted by molar-refractivity contribution is 5.92. The van der Waals surface area contributed by atoms with Crippen molar-refractivity contribution in [2.75, 3.05) is 6.61 Å². The molecule has 2 atom stereocenters. The molecule has 1 saturated carbocycles. The van der Waals surface area contributed by atoms with E-state index in [-0.39, 0.29) is 23.7 Å². The van der Waals surface area contributed by atoms with Crippen molar-refractivity contribution in [2.24, 2.45) is 11.8 Å². The fourth-order valence-electron chi connectivity index (χ4n) is 2.76. The van der Waals surface area contributed by atoms with Crippen LogP contribution in [-0.4, -0.2) is 36.5 Å². The Bertz CT molecular complexity index is 641. The maximum Gasteiger partial charge on any atom is 0.328 e. The third-order valence-corrected chi connectivity index (χ3v) is 4.53. The molecule has 6 heteroatoms. The molecule has 0 aromatic heterocycles. The van der Waals surface area contributed by atoms with Crippen LogP contribution in [0.25, 0.3) is 0 Å². The molecule has 2 rings (SSSR count). The molecule has 1 aromatic carbocycles. The molecule has 1 fully saturated rings. The van der Waals surface area contributed by atoms with Gasteiger partial charge in [0, 0.05) is 12.3 Å². The smallest absolute Gasteiger partial charge is 0.328 e. The standard InChI is InChI=1S/C21H30N2O4/c1-4-12-27-21(26)17(13-15-8-6-5-7-9-15)22-20(25)18(14(2)3)23-19(24)16-10-11-16/h5-9,14,16-18H,4,10-13H2,1-3H3,(H,22,25)(H,23,24). The third kappa shape index (κ3) is 6.70. The molecule has 0 saturated heterocycles. The van der Waals surface area contributed by atoms with E-state index in [1.54, 1.807) is 0 Å². The van der Waals surface area contributed by atoms with E-state index >= 15 is 0 Å². The van der Waals surface area contributed by atoms with Gasteiger partial charge in [-0.1, -0.05) is 51.1 Å². The van der Waals surface area contributed by atoms with Crippen molar-refractivity contribution >= 4 is 17.8 Å². The Morgan fingerprint density at radius 2 is 1.78 bits per heavy atom. The summed E-state index contributed by atoms with van der Waals surface area (Å²) < 4.78 is 5.25. The van der Waals surface area contributed by atoms with Crippen LogP contribution in [0.4, 0.5) is 0 Å². The van der Waals surface area contributed by atoms with Gasteiger partial charge in [-0.25, -0.2) is 4.79 Å². The Balaban J connectivity index is 2.06. The fraction of sp³-hybridized carbons (Fsp3) is 0.571. The molecule has 1 aromatic rings. The van der Waals surface area contributed by atoms with Crippen LogP contribution in [-0.2, 0) is 25.5 Å². The number of hydrogen-bond acceptors (Lipinski definition) is 4. The molecule has 0 bridgehead atoms. The average molecular weight is 374 g/mol. The zero-order valence-corrected chi connectivity index (χ0v) is 16.4. The van der Waals surface area contributed by atoms with Crippen LogP contribution in [0.1, 0.15) is 45.6 Å². The van der Waals surface area contributed by atoms with Crippen LogP contribution >= 0.6 is 0 Å². The van der Waals surface area contributed by atoms with Gasteiger partial charge in [-0.2, -0.15) is 0 Å². The highest BCUT2D eigenvalue weighted by Crippen LogP contribution is 2.29. The normalized spacial score (nSPS) is 15.7. The number of hydrogen-bond donors (Lipinski definition) is 2. The largest absolute Gasteiger partial charge is 0.464 e. The van der Waals surface area contributed by atoms with E-state index in [9.17, 15) is 14.4 Å². The van der Waals surface area contributed by atoms with Crippen molar-refractivity contribution < 1.29 is 19.1 Å². The molecular weight excluding hydrogens is 344 g/mol. The highest BCUT2D eigenvalue weighted by atomic mass is 16.5. The van der Waals surface area contributed by atoms with E-state index in [0.29, 0.717) is 19.4 Å². The van der Waals surface area contributed by atoms with Crippen LogP contribution in [0.2, 0.25) is 0 Å². The van der Waals surface area contributed by atoms with E-state index in [4.69, 9.17) is 4.74 Å². The monoisotopic (exact) mass is 374 g/mol. The molecule has 27 heavy (non-hydrogen) atoms. The van der Waals surface area contributed by atoms with Gasteiger partial charge in [0.05, 0.1) is 6.61 Å². The fourth-order valence-corrected chi connectivity index (χ4v) is 2.76. The van der Waals surface area contributed by atoms with Gasteiger partial charge >= 0.3 is 5.97 Å². The number of carbonyl (C=O) groups is 3. The van der Waals surface area contributed by atoms with Gasteiger partial charge in [-0.3, -0.25) is 9.59 Å². The molecule has 2 N–H and O–H groups in total. The quantitative estimate of drug-likeness (QED) is 0.615. The zero-order chi connectivity index (χ0) is 19.8. The maximum absolute atomic E-state index is 12.8. The lowest BCUT2D eigenvalue weighted by Crippen LogP contribution is -2.54. The first kappa shape index (κ1) is 20.9. The van der Waals surface area contributed by atoms with Crippen molar-refractivity contribution in [3.63, 3.8) is 0 Å². The summed E-state index contributed by atoms with van der Waals surface area (Å²) in [7, 11) is 0. The molecule has 1 aliphatic rings. The number of esters is 1. The molecule has 0 spiro atoms. The SMILES string of the molecule is CCCOC(=O)C(Cc1ccccc1)NC(=O)C(NC(=O)C1CC1)C(C)C. The van der Waals surface area contributed by atoms with Crippen molar-refractivity contribution in [3.8, 4) is 0 Å². The van der Waals surface area contributed by atoms with E-state index in [1.165, 1.54) is 0 Å². The molecule has 148 valence electrons. The number of ether oxygens (including phenoxy) is 1. The van der Waals surface area contributed by atoms with Gasteiger partial charge in [0.25, 0.3) is 0 Å². The molecule has 0 radical (unpaired) electrons. The minimum absolute atomic E-state index is 0.0219. The minimum Gasteiger partial charge on any atom is -0.464 e. The summed E-state index contributed by atoms with van der Waals surface area (Å²) >= 11 is 0. The summed E-state index contributed by atoms with van der Waals surface area (Å²) in [4.78, 5) is 37.4. The van der Waals surface area contributed by atoms with Gasteiger partial charge in [-0.05, 0) is 30.7 Å². The number of carbonyl (C=O) groups excluding carboxylic acids is 3. The Hall–Kier alpha value is -2.37. The molecular formula is C21H30N2O4. The molecule has 0 aliphatic heterocycles. The van der Waals surface area contributed by atoms with E-state index in [2.05, 4.69) is 10.6 Å². The summed E-state index contributed by atoms with van der Waals surface area (Å²) in [5.41, 5.74) is 0.930. The van der Waals surface area contributed by atoms with Crippen molar-refractivity contribution in [1.29, 1.82) is 0 Å². The predicted octanol–water partition coefficient (Wildman–Crippen LogP) is 2.22. The van der Waals surface area contributed by atoms with Gasteiger partial charge in [-0.15, -0.1) is 0 Å². The molecule has 0 heterocycles. The second-order valence-electron chi connectivity index (χ2n) is 7.42. The first-order valence-corrected chi connectivity index (χ1v) is 9.73. The lowest BCUT2D eigenvalue weighted by Gasteiger charge is -2.25. The molecule has 6 nitrogen and oxygen atoms in total. The van der Waals surface area contributed by atoms with E-state index in [1.807, 2.05) is 51.1 Å². The predicted molar refractivity (Wildman–Crippen MR) is 103 cm³/mol.